The highest BCUT2D eigenvalue weighted by Crippen LogP contribution is 2.32. The summed E-state index contributed by atoms with van der Waals surface area (Å²) >= 11 is 0. The smallest absolute Gasteiger partial charge is 0.223 e. The lowest BCUT2D eigenvalue weighted by Gasteiger charge is -2.27. The number of ether oxygens (including phenoxy) is 3. The molecule has 0 aliphatic carbocycles. The standard InChI is InChI=1S/C29H31FN2O3/c1-29(2,3)35-28-26-17-23(30)11-10-22(26)16-27(31-28)32(18-20-6-12-24(33-4)13-7-20)19-21-8-14-25(34-5)15-9-21/h6-17H,18-19H2,1-5H3. The lowest BCUT2D eigenvalue weighted by atomic mass is 10.1. The quantitative estimate of drug-likeness (QED) is 0.282. The van der Waals surface area contributed by atoms with Gasteiger partial charge in [-0.05, 0) is 79.7 Å². The highest BCUT2D eigenvalue weighted by atomic mass is 19.1. The summed E-state index contributed by atoms with van der Waals surface area (Å²) in [7, 11) is 3.31. The number of fused-ring (bicyclic) bond motifs is 1. The monoisotopic (exact) mass is 474 g/mol. The molecule has 0 saturated carbocycles. The normalized spacial score (nSPS) is 11.4. The predicted octanol–water partition coefficient (Wildman–Crippen LogP) is 6.78. The molecule has 0 saturated heterocycles. The number of nitrogens with zero attached hydrogens (tertiary/aromatic N) is 2. The van der Waals surface area contributed by atoms with Crippen molar-refractivity contribution in [2.45, 2.75) is 39.5 Å². The summed E-state index contributed by atoms with van der Waals surface area (Å²) in [4.78, 5) is 7.06. The van der Waals surface area contributed by atoms with Crippen LogP contribution in [0.4, 0.5) is 10.2 Å². The van der Waals surface area contributed by atoms with Crippen LogP contribution in [0, 0.1) is 5.82 Å². The number of rotatable bonds is 8. The van der Waals surface area contributed by atoms with E-state index in [0.717, 1.165) is 33.8 Å². The molecule has 3 aromatic carbocycles. The second-order valence-electron chi connectivity index (χ2n) is 9.42. The van der Waals surface area contributed by atoms with Crippen LogP contribution in [-0.2, 0) is 13.1 Å². The van der Waals surface area contributed by atoms with Crippen LogP contribution in [0.15, 0.2) is 72.8 Å². The first kappa shape index (κ1) is 24.3. The number of pyridine rings is 1. The molecule has 4 rings (SSSR count). The topological polar surface area (TPSA) is 43.8 Å². The van der Waals surface area contributed by atoms with Crippen molar-refractivity contribution >= 4 is 16.6 Å². The number of halogens is 1. The molecule has 0 bridgehead atoms. The van der Waals surface area contributed by atoms with Crippen LogP contribution >= 0.6 is 0 Å². The van der Waals surface area contributed by atoms with Crippen LogP contribution in [-0.4, -0.2) is 24.8 Å². The molecule has 5 nitrogen and oxygen atoms in total. The van der Waals surface area contributed by atoms with Crippen molar-refractivity contribution in [1.29, 1.82) is 0 Å². The highest BCUT2D eigenvalue weighted by molar-refractivity contribution is 5.89. The van der Waals surface area contributed by atoms with Gasteiger partial charge in [-0.1, -0.05) is 30.3 Å². The molecule has 0 unspecified atom stereocenters. The average Bonchev–Trinajstić information content (AvgIpc) is 2.84. The molecule has 0 N–H and O–H groups in total. The van der Waals surface area contributed by atoms with Crippen LogP contribution in [0.3, 0.4) is 0 Å². The number of aromatic nitrogens is 1. The number of hydrogen-bond donors (Lipinski definition) is 0. The van der Waals surface area contributed by atoms with Gasteiger partial charge in [0.1, 0.15) is 28.7 Å². The van der Waals surface area contributed by atoms with Gasteiger partial charge in [-0.15, -0.1) is 0 Å². The minimum atomic E-state index is -0.484. The van der Waals surface area contributed by atoms with Gasteiger partial charge in [0, 0.05) is 18.5 Å². The van der Waals surface area contributed by atoms with E-state index >= 15 is 0 Å². The van der Waals surface area contributed by atoms with Crippen LogP contribution in [0.25, 0.3) is 10.8 Å². The first-order chi connectivity index (χ1) is 16.7. The second kappa shape index (κ2) is 10.2. The minimum absolute atomic E-state index is 0.320. The Morgan fingerprint density at radius 2 is 1.31 bits per heavy atom. The van der Waals surface area contributed by atoms with Crippen molar-refractivity contribution in [2.24, 2.45) is 0 Å². The second-order valence-corrected chi connectivity index (χ2v) is 9.42. The molecule has 0 radical (unpaired) electrons. The maximum atomic E-state index is 14.1. The van der Waals surface area contributed by atoms with E-state index in [0.29, 0.717) is 24.4 Å². The molecule has 182 valence electrons. The van der Waals surface area contributed by atoms with Crippen LogP contribution < -0.4 is 19.1 Å². The summed E-state index contributed by atoms with van der Waals surface area (Å²) in [5.41, 5.74) is 1.74. The van der Waals surface area contributed by atoms with Crippen molar-refractivity contribution in [1.82, 2.24) is 4.98 Å². The summed E-state index contributed by atoms with van der Waals surface area (Å²) in [5, 5.41) is 1.52. The third kappa shape index (κ3) is 6.21. The number of benzene rings is 3. The predicted molar refractivity (Wildman–Crippen MR) is 138 cm³/mol. The Kier molecular flexibility index (Phi) is 7.10. The summed E-state index contributed by atoms with van der Waals surface area (Å²) in [6.45, 7) is 7.10. The maximum Gasteiger partial charge on any atom is 0.223 e. The van der Waals surface area contributed by atoms with E-state index in [4.69, 9.17) is 19.2 Å². The zero-order valence-electron chi connectivity index (χ0n) is 20.8. The van der Waals surface area contributed by atoms with Crippen molar-refractivity contribution in [3.8, 4) is 17.4 Å². The molecular formula is C29H31FN2O3. The minimum Gasteiger partial charge on any atom is -0.497 e. The summed E-state index contributed by atoms with van der Waals surface area (Å²) < 4.78 is 30.9. The Morgan fingerprint density at radius 3 is 1.80 bits per heavy atom. The third-order valence-electron chi connectivity index (χ3n) is 5.54. The average molecular weight is 475 g/mol. The van der Waals surface area contributed by atoms with E-state index in [-0.39, 0.29) is 5.82 Å². The van der Waals surface area contributed by atoms with Gasteiger partial charge in [-0.2, -0.15) is 4.98 Å². The molecule has 0 aliphatic heterocycles. The van der Waals surface area contributed by atoms with Crippen molar-refractivity contribution in [3.63, 3.8) is 0 Å². The van der Waals surface area contributed by atoms with Crippen molar-refractivity contribution < 1.29 is 18.6 Å². The van der Waals surface area contributed by atoms with E-state index in [1.165, 1.54) is 12.1 Å². The van der Waals surface area contributed by atoms with Crippen molar-refractivity contribution in [3.05, 3.63) is 89.7 Å². The molecule has 35 heavy (non-hydrogen) atoms. The largest absolute Gasteiger partial charge is 0.497 e. The fraction of sp³-hybridized carbons (Fsp3) is 0.276. The fourth-order valence-electron chi connectivity index (χ4n) is 3.83. The van der Waals surface area contributed by atoms with Gasteiger partial charge in [-0.3, -0.25) is 0 Å². The van der Waals surface area contributed by atoms with E-state index in [9.17, 15) is 4.39 Å². The molecule has 0 amide bonds. The number of anilines is 1. The van der Waals surface area contributed by atoms with E-state index in [1.807, 2.05) is 75.4 Å². The van der Waals surface area contributed by atoms with Crippen LogP contribution in [0.5, 0.6) is 17.4 Å². The number of methoxy groups -OCH3 is 2. The van der Waals surface area contributed by atoms with Crippen molar-refractivity contribution in [2.75, 3.05) is 19.1 Å². The zero-order valence-corrected chi connectivity index (χ0v) is 20.8. The molecule has 0 fully saturated rings. The molecular weight excluding hydrogens is 443 g/mol. The first-order valence-corrected chi connectivity index (χ1v) is 11.5. The van der Waals surface area contributed by atoms with Gasteiger partial charge in [0.15, 0.2) is 0 Å². The maximum absolute atomic E-state index is 14.1. The lowest BCUT2D eigenvalue weighted by molar-refractivity contribution is 0.126. The molecule has 0 aliphatic rings. The first-order valence-electron chi connectivity index (χ1n) is 11.5. The summed E-state index contributed by atoms with van der Waals surface area (Å²) in [5.74, 6) is 2.46. The van der Waals surface area contributed by atoms with Gasteiger partial charge < -0.3 is 19.1 Å². The Bertz CT molecular complexity index is 1230. The Morgan fingerprint density at radius 1 is 0.771 bits per heavy atom. The SMILES string of the molecule is COc1ccc(CN(Cc2ccc(OC)cc2)c2cc3ccc(F)cc3c(OC(C)(C)C)n2)cc1. The Labute approximate surface area is 206 Å². The van der Waals surface area contributed by atoms with Gasteiger partial charge >= 0.3 is 0 Å². The summed E-state index contributed by atoms with van der Waals surface area (Å²) in [6.07, 6.45) is 0. The van der Waals surface area contributed by atoms with E-state index < -0.39 is 5.60 Å². The molecule has 4 aromatic rings. The van der Waals surface area contributed by atoms with Gasteiger partial charge in [0.05, 0.1) is 14.2 Å². The highest BCUT2D eigenvalue weighted by Gasteiger charge is 2.19. The third-order valence-corrected chi connectivity index (χ3v) is 5.54. The van der Waals surface area contributed by atoms with E-state index in [1.54, 1.807) is 20.3 Å². The van der Waals surface area contributed by atoms with Crippen LogP contribution in [0.2, 0.25) is 0 Å². The lowest BCUT2D eigenvalue weighted by Crippen LogP contribution is -2.26. The fourth-order valence-corrected chi connectivity index (χ4v) is 3.83. The molecule has 1 heterocycles. The Hall–Kier alpha value is -3.80. The zero-order chi connectivity index (χ0) is 25.0. The summed E-state index contributed by atoms with van der Waals surface area (Å²) in [6, 6.07) is 22.7. The molecule has 0 atom stereocenters. The van der Waals surface area contributed by atoms with E-state index in [2.05, 4.69) is 4.90 Å². The molecule has 0 spiro atoms. The number of hydrogen-bond acceptors (Lipinski definition) is 5. The molecule has 6 heteroatoms. The molecule has 1 aromatic heterocycles. The van der Waals surface area contributed by atoms with Crippen LogP contribution in [0.1, 0.15) is 31.9 Å². The Balaban J connectivity index is 1.77. The van der Waals surface area contributed by atoms with Gasteiger partial charge in [0.2, 0.25) is 5.88 Å². The van der Waals surface area contributed by atoms with Gasteiger partial charge in [0.25, 0.3) is 0 Å². The van der Waals surface area contributed by atoms with Gasteiger partial charge in [-0.25, -0.2) is 4.39 Å².